The molecular formula is C18H26N6OS. The molecule has 0 bridgehead atoms. The maximum Gasteiger partial charge on any atom is 0.227 e. The highest BCUT2D eigenvalue weighted by Crippen LogP contribution is 2.35. The van der Waals surface area contributed by atoms with E-state index in [1.54, 1.807) is 11.3 Å². The van der Waals surface area contributed by atoms with E-state index in [0.717, 1.165) is 50.8 Å². The number of aryl methyl sites for hydroxylation is 1. The molecule has 7 nitrogen and oxygen atoms in total. The SMILES string of the molecule is CN1CCN(C(=O)[C@@H]2CN(Cc3nccs3)C[C@H]2c2cnn(C)c2)CC1. The Balaban J connectivity index is 1.51. The average molecular weight is 375 g/mol. The van der Waals surface area contributed by atoms with Crippen LogP contribution in [0.1, 0.15) is 16.5 Å². The summed E-state index contributed by atoms with van der Waals surface area (Å²) in [5, 5.41) is 7.46. The summed E-state index contributed by atoms with van der Waals surface area (Å²) in [6.07, 6.45) is 5.82. The lowest BCUT2D eigenvalue weighted by atomic mass is 9.89. The molecule has 0 aliphatic carbocycles. The van der Waals surface area contributed by atoms with Crippen LogP contribution < -0.4 is 0 Å². The lowest BCUT2D eigenvalue weighted by Crippen LogP contribution is -2.49. The zero-order chi connectivity index (χ0) is 18.1. The van der Waals surface area contributed by atoms with Crippen LogP contribution >= 0.6 is 11.3 Å². The fourth-order valence-corrected chi connectivity index (χ4v) is 4.68. The summed E-state index contributed by atoms with van der Waals surface area (Å²) in [4.78, 5) is 24.4. The monoisotopic (exact) mass is 374 g/mol. The molecule has 0 radical (unpaired) electrons. The molecule has 8 heteroatoms. The lowest BCUT2D eigenvalue weighted by molar-refractivity contribution is -0.137. The van der Waals surface area contributed by atoms with Crippen molar-refractivity contribution in [1.29, 1.82) is 0 Å². The highest BCUT2D eigenvalue weighted by Gasteiger charge is 2.41. The van der Waals surface area contributed by atoms with Crippen molar-refractivity contribution in [2.24, 2.45) is 13.0 Å². The first kappa shape index (κ1) is 17.6. The molecule has 2 aliphatic heterocycles. The fourth-order valence-electron chi connectivity index (χ4n) is 4.02. The first-order chi connectivity index (χ1) is 12.6. The van der Waals surface area contributed by atoms with Crippen molar-refractivity contribution in [3.05, 3.63) is 34.5 Å². The second-order valence-electron chi connectivity index (χ2n) is 7.41. The zero-order valence-electron chi connectivity index (χ0n) is 15.4. The normalized spacial score (nSPS) is 25.1. The topological polar surface area (TPSA) is 57.5 Å². The number of carbonyl (C=O) groups excluding carboxylic acids is 1. The minimum absolute atomic E-state index is 0.00238. The molecule has 4 heterocycles. The fraction of sp³-hybridized carbons (Fsp3) is 0.611. The molecule has 2 saturated heterocycles. The Labute approximate surface area is 158 Å². The van der Waals surface area contributed by atoms with Gasteiger partial charge in [0.15, 0.2) is 0 Å². The summed E-state index contributed by atoms with van der Waals surface area (Å²) in [7, 11) is 4.05. The number of thiazole rings is 1. The maximum atomic E-state index is 13.3. The van der Waals surface area contributed by atoms with Crippen molar-refractivity contribution in [2.45, 2.75) is 12.5 Å². The highest BCUT2D eigenvalue weighted by atomic mass is 32.1. The Kier molecular flexibility index (Phi) is 5.06. The maximum absolute atomic E-state index is 13.3. The second kappa shape index (κ2) is 7.46. The molecule has 0 unspecified atom stereocenters. The molecule has 2 aromatic heterocycles. The third-order valence-corrected chi connectivity index (χ3v) is 6.29. The number of piperazine rings is 1. The van der Waals surface area contributed by atoms with E-state index >= 15 is 0 Å². The highest BCUT2D eigenvalue weighted by molar-refractivity contribution is 7.09. The standard InChI is InChI=1S/C18H26N6OS/c1-21-4-6-24(7-5-21)18(25)16-12-23(13-17-19-3-8-26-17)11-15(16)14-9-20-22(2)10-14/h3,8-10,15-16H,4-7,11-13H2,1-2H3/t15-,16+/m0/s1. The molecule has 2 aromatic rings. The molecule has 2 atom stereocenters. The first-order valence-corrected chi connectivity index (χ1v) is 10.0. The van der Waals surface area contributed by atoms with Crippen LogP contribution in [0.15, 0.2) is 24.0 Å². The Hall–Kier alpha value is -1.77. The van der Waals surface area contributed by atoms with E-state index in [0.29, 0.717) is 5.91 Å². The van der Waals surface area contributed by atoms with Crippen LogP contribution in [0.3, 0.4) is 0 Å². The summed E-state index contributed by atoms with van der Waals surface area (Å²) < 4.78 is 1.83. The number of likely N-dealkylation sites (tertiary alicyclic amines) is 1. The van der Waals surface area contributed by atoms with Crippen LogP contribution in [0.4, 0.5) is 0 Å². The summed E-state index contributed by atoms with van der Waals surface area (Å²) in [5.74, 6) is 0.506. The molecule has 0 spiro atoms. The molecule has 26 heavy (non-hydrogen) atoms. The number of amides is 1. The van der Waals surface area contributed by atoms with Crippen LogP contribution in [-0.4, -0.2) is 81.7 Å². The van der Waals surface area contributed by atoms with E-state index < -0.39 is 0 Å². The van der Waals surface area contributed by atoms with Gasteiger partial charge >= 0.3 is 0 Å². The smallest absolute Gasteiger partial charge is 0.227 e. The molecule has 2 aliphatic rings. The van der Waals surface area contributed by atoms with Crippen LogP contribution in [0.5, 0.6) is 0 Å². The van der Waals surface area contributed by atoms with Gasteiger partial charge in [-0.1, -0.05) is 0 Å². The van der Waals surface area contributed by atoms with Gasteiger partial charge < -0.3 is 9.80 Å². The van der Waals surface area contributed by atoms with Crippen LogP contribution in [0, 0.1) is 5.92 Å². The van der Waals surface area contributed by atoms with Gasteiger partial charge in [-0.15, -0.1) is 11.3 Å². The van der Waals surface area contributed by atoms with Gasteiger partial charge in [-0.2, -0.15) is 5.10 Å². The molecule has 1 amide bonds. The van der Waals surface area contributed by atoms with Crippen molar-refractivity contribution < 1.29 is 4.79 Å². The number of aromatic nitrogens is 3. The number of carbonyl (C=O) groups is 1. The van der Waals surface area contributed by atoms with Crippen LogP contribution in [-0.2, 0) is 18.4 Å². The second-order valence-corrected chi connectivity index (χ2v) is 8.39. The summed E-state index contributed by atoms with van der Waals surface area (Å²) >= 11 is 1.68. The van der Waals surface area contributed by atoms with Crippen molar-refractivity contribution >= 4 is 17.2 Å². The van der Waals surface area contributed by atoms with Gasteiger partial charge in [0.25, 0.3) is 0 Å². The van der Waals surface area contributed by atoms with Crippen LogP contribution in [0.2, 0.25) is 0 Å². The Morgan fingerprint density at radius 1 is 1.23 bits per heavy atom. The van der Waals surface area contributed by atoms with Gasteiger partial charge in [0.05, 0.1) is 18.7 Å². The number of hydrogen-bond donors (Lipinski definition) is 0. The van der Waals surface area contributed by atoms with Crippen molar-refractivity contribution in [3.63, 3.8) is 0 Å². The van der Waals surface area contributed by atoms with E-state index in [-0.39, 0.29) is 11.8 Å². The van der Waals surface area contributed by atoms with Crippen LogP contribution in [0.25, 0.3) is 0 Å². The molecule has 0 N–H and O–H groups in total. The third-order valence-electron chi connectivity index (χ3n) is 5.52. The third kappa shape index (κ3) is 3.67. The number of nitrogens with zero attached hydrogens (tertiary/aromatic N) is 6. The minimum atomic E-state index is 0.00238. The van der Waals surface area contributed by atoms with Gasteiger partial charge in [-0.3, -0.25) is 14.4 Å². The summed E-state index contributed by atoms with van der Waals surface area (Å²) in [6, 6.07) is 0. The summed E-state index contributed by atoms with van der Waals surface area (Å²) in [6.45, 7) is 6.08. The minimum Gasteiger partial charge on any atom is -0.340 e. The number of hydrogen-bond acceptors (Lipinski definition) is 6. The quantitative estimate of drug-likeness (QED) is 0.795. The van der Waals surface area contributed by atoms with Gasteiger partial charge in [-0.25, -0.2) is 4.98 Å². The molecule has 4 rings (SSSR count). The Morgan fingerprint density at radius 2 is 2.04 bits per heavy atom. The van der Waals surface area contributed by atoms with Gasteiger partial charge in [0, 0.05) is 70.0 Å². The molecule has 140 valence electrons. The van der Waals surface area contributed by atoms with E-state index in [9.17, 15) is 4.79 Å². The lowest BCUT2D eigenvalue weighted by Gasteiger charge is -2.34. The number of rotatable bonds is 4. The largest absolute Gasteiger partial charge is 0.340 e. The predicted octanol–water partition coefficient (Wildman–Crippen LogP) is 0.866. The number of likely N-dealkylation sites (N-methyl/N-ethyl adjacent to an activating group) is 1. The van der Waals surface area contributed by atoms with E-state index in [1.165, 1.54) is 5.56 Å². The Morgan fingerprint density at radius 3 is 2.69 bits per heavy atom. The van der Waals surface area contributed by atoms with E-state index in [2.05, 4.69) is 38.0 Å². The van der Waals surface area contributed by atoms with Gasteiger partial charge in [0.1, 0.15) is 5.01 Å². The van der Waals surface area contributed by atoms with E-state index in [1.807, 2.05) is 29.5 Å². The van der Waals surface area contributed by atoms with Crippen molar-refractivity contribution in [3.8, 4) is 0 Å². The van der Waals surface area contributed by atoms with E-state index in [4.69, 9.17) is 0 Å². The first-order valence-electron chi connectivity index (χ1n) is 9.17. The molecule has 0 saturated carbocycles. The Bertz CT molecular complexity index is 737. The molecular weight excluding hydrogens is 348 g/mol. The van der Waals surface area contributed by atoms with Crippen molar-refractivity contribution in [2.75, 3.05) is 46.3 Å². The van der Waals surface area contributed by atoms with Gasteiger partial charge in [-0.05, 0) is 12.6 Å². The predicted molar refractivity (Wildman–Crippen MR) is 101 cm³/mol. The van der Waals surface area contributed by atoms with Crippen molar-refractivity contribution in [1.82, 2.24) is 29.5 Å². The van der Waals surface area contributed by atoms with Gasteiger partial charge in [0.2, 0.25) is 5.91 Å². The zero-order valence-corrected chi connectivity index (χ0v) is 16.2. The molecule has 0 aromatic carbocycles. The molecule has 2 fully saturated rings. The average Bonchev–Trinajstić information content (AvgIpc) is 3.36. The summed E-state index contributed by atoms with van der Waals surface area (Å²) in [5.41, 5.74) is 1.17.